The summed E-state index contributed by atoms with van der Waals surface area (Å²) in [5, 5.41) is 0. The van der Waals surface area contributed by atoms with Crippen LogP contribution in [0.15, 0.2) is 36.4 Å². The Hall–Kier alpha value is -1.57. The first-order valence-corrected chi connectivity index (χ1v) is 4.05. The molecule has 0 spiro atoms. The minimum Gasteiger partial charge on any atom is -0.496 e. The maximum absolute atomic E-state index is 10.8. The van der Waals surface area contributed by atoms with Crippen molar-refractivity contribution in [2.24, 2.45) is 0 Å². The summed E-state index contributed by atoms with van der Waals surface area (Å²) in [5.74, 6) is 0.591. The van der Waals surface area contributed by atoms with E-state index in [0.717, 1.165) is 5.56 Å². The van der Waals surface area contributed by atoms with Gasteiger partial charge in [-0.05, 0) is 6.92 Å². The second-order valence-corrected chi connectivity index (χ2v) is 2.69. The zero-order valence-corrected chi connectivity index (χ0v) is 7.78. The topological polar surface area (TPSA) is 26.3 Å². The van der Waals surface area contributed by atoms with Gasteiger partial charge in [0.1, 0.15) is 5.76 Å². The first-order chi connectivity index (χ1) is 6.24. The molecule has 0 saturated carbocycles. The Morgan fingerprint density at radius 3 is 2.38 bits per heavy atom. The summed E-state index contributed by atoms with van der Waals surface area (Å²) < 4.78 is 5.09. The maximum Gasteiger partial charge on any atom is 0.156 e. The van der Waals surface area contributed by atoms with Gasteiger partial charge in [0.15, 0.2) is 5.78 Å². The molecule has 0 unspecified atom stereocenters. The fraction of sp³-hybridized carbons (Fsp3) is 0.182. The number of methoxy groups -OCH3 is 1. The minimum atomic E-state index is -0.0132. The van der Waals surface area contributed by atoms with Crippen LogP contribution in [0, 0.1) is 0 Å². The average Bonchev–Trinajstić information content (AvgIpc) is 2.15. The molecule has 0 amide bonds. The molecule has 0 N–H and O–H groups in total. The number of carbonyl (C=O) groups is 1. The fourth-order valence-corrected chi connectivity index (χ4v) is 1.05. The summed E-state index contributed by atoms with van der Waals surface area (Å²) in [4.78, 5) is 10.8. The highest BCUT2D eigenvalue weighted by Gasteiger charge is 2.00. The maximum atomic E-state index is 10.8. The van der Waals surface area contributed by atoms with Crippen molar-refractivity contribution in [3.8, 4) is 0 Å². The number of allylic oxidation sites excluding steroid dienone is 1. The Bertz CT molecular complexity index is 312. The van der Waals surface area contributed by atoms with Crippen LogP contribution in [0.4, 0.5) is 0 Å². The van der Waals surface area contributed by atoms with E-state index < -0.39 is 0 Å². The molecule has 0 saturated heterocycles. The van der Waals surface area contributed by atoms with E-state index in [0.29, 0.717) is 5.76 Å². The van der Waals surface area contributed by atoms with Crippen LogP contribution in [0.5, 0.6) is 0 Å². The van der Waals surface area contributed by atoms with Crippen LogP contribution in [-0.4, -0.2) is 12.9 Å². The lowest BCUT2D eigenvalue weighted by Gasteiger charge is -2.04. The van der Waals surface area contributed by atoms with E-state index in [4.69, 9.17) is 4.74 Å². The number of hydrogen-bond donors (Lipinski definition) is 0. The first kappa shape index (κ1) is 9.52. The van der Waals surface area contributed by atoms with E-state index in [2.05, 4.69) is 0 Å². The number of carbonyl (C=O) groups excluding carboxylic acids is 1. The summed E-state index contributed by atoms with van der Waals surface area (Å²) >= 11 is 0. The van der Waals surface area contributed by atoms with Crippen LogP contribution in [0.1, 0.15) is 12.5 Å². The molecule has 1 rings (SSSR count). The van der Waals surface area contributed by atoms with E-state index in [9.17, 15) is 4.79 Å². The predicted molar refractivity (Wildman–Crippen MR) is 52.1 cm³/mol. The zero-order chi connectivity index (χ0) is 9.68. The van der Waals surface area contributed by atoms with Crippen LogP contribution in [0.3, 0.4) is 0 Å². The standard InChI is InChI=1S/C11H12O2/c1-9(12)8-11(13-2)10-6-4-3-5-7-10/h3-8H,1-2H3/b11-8-. The van der Waals surface area contributed by atoms with Crippen LogP contribution >= 0.6 is 0 Å². The van der Waals surface area contributed by atoms with Crippen molar-refractivity contribution >= 4 is 11.5 Å². The van der Waals surface area contributed by atoms with Crippen molar-refractivity contribution < 1.29 is 9.53 Å². The third-order valence-electron chi connectivity index (χ3n) is 1.61. The molecule has 68 valence electrons. The number of rotatable bonds is 3. The molecule has 1 aromatic rings. The summed E-state index contributed by atoms with van der Waals surface area (Å²) in [5.41, 5.74) is 0.917. The SMILES string of the molecule is CO/C(=C\C(C)=O)c1ccccc1. The predicted octanol–water partition coefficient (Wildman–Crippen LogP) is 2.26. The van der Waals surface area contributed by atoms with Crippen molar-refractivity contribution in [2.45, 2.75) is 6.92 Å². The smallest absolute Gasteiger partial charge is 0.156 e. The van der Waals surface area contributed by atoms with Crippen LogP contribution < -0.4 is 0 Å². The van der Waals surface area contributed by atoms with E-state index in [-0.39, 0.29) is 5.78 Å². The van der Waals surface area contributed by atoms with Gasteiger partial charge in [-0.1, -0.05) is 30.3 Å². The molecule has 0 atom stereocenters. The Morgan fingerprint density at radius 1 is 1.31 bits per heavy atom. The molecule has 0 radical (unpaired) electrons. The van der Waals surface area contributed by atoms with Crippen molar-refractivity contribution in [3.63, 3.8) is 0 Å². The molecule has 0 fully saturated rings. The molecule has 0 heterocycles. The molecule has 0 aliphatic heterocycles. The quantitative estimate of drug-likeness (QED) is 0.521. The number of ketones is 1. The highest BCUT2D eigenvalue weighted by Crippen LogP contribution is 2.13. The lowest BCUT2D eigenvalue weighted by atomic mass is 10.1. The summed E-state index contributed by atoms with van der Waals surface area (Å²) in [7, 11) is 1.56. The van der Waals surface area contributed by atoms with E-state index in [1.807, 2.05) is 30.3 Å². The number of benzene rings is 1. The highest BCUT2D eigenvalue weighted by atomic mass is 16.5. The van der Waals surface area contributed by atoms with Gasteiger partial charge in [-0.15, -0.1) is 0 Å². The summed E-state index contributed by atoms with van der Waals surface area (Å²) in [6.45, 7) is 1.50. The second kappa shape index (κ2) is 4.45. The summed E-state index contributed by atoms with van der Waals surface area (Å²) in [6, 6.07) is 9.53. The van der Waals surface area contributed by atoms with Gasteiger partial charge in [0, 0.05) is 11.6 Å². The molecular formula is C11H12O2. The number of ether oxygens (including phenoxy) is 1. The lowest BCUT2D eigenvalue weighted by Crippen LogP contribution is -1.91. The molecule has 2 nitrogen and oxygen atoms in total. The van der Waals surface area contributed by atoms with Crippen molar-refractivity contribution in [2.75, 3.05) is 7.11 Å². The Labute approximate surface area is 77.8 Å². The molecule has 13 heavy (non-hydrogen) atoms. The molecule has 2 heteroatoms. The normalized spacial score (nSPS) is 11.1. The van der Waals surface area contributed by atoms with Gasteiger partial charge in [-0.25, -0.2) is 0 Å². The van der Waals surface area contributed by atoms with Gasteiger partial charge in [-0.3, -0.25) is 4.79 Å². The van der Waals surface area contributed by atoms with Gasteiger partial charge < -0.3 is 4.74 Å². The fourth-order valence-electron chi connectivity index (χ4n) is 1.05. The molecule has 0 aliphatic carbocycles. The highest BCUT2D eigenvalue weighted by molar-refractivity contribution is 5.93. The van der Waals surface area contributed by atoms with Crippen LogP contribution in [0.2, 0.25) is 0 Å². The zero-order valence-electron chi connectivity index (χ0n) is 7.78. The van der Waals surface area contributed by atoms with Crippen molar-refractivity contribution in [1.29, 1.82) is 0 Å². The number of hydrogen-bond acceptors (Lipinski definition) is 2. The lowest BCUT2D eigenvalue weighted by molar-refractivity contribution is -0.112. The molecular weight excluding hydrogens is 164 g/mol. The third kappa shape index (κ3) is 2.75. The van der Waals surface area contributed by atoms with E-state index in [1.54, 1.807) is 7.11 Å². The second-order valence-electron chi connectivity index (χ2n) is 2.69. The van der Waals surface area contributed by atoms with E-state index >= 15 is 0 Å². The Morgan fingerprint density at radius 2 is 1.92 bits per heavy atom. The molecule has 0 aromatic heterocycles. The van der Waals surface area contributed by atoms with Gasteiger partial charge in [0.05, 0.1) is 7.11 Å². The molecule has 0 aliphatic rings. The average molecular weight is 176 g/mol. The third-order valence-corrected chi connectivity index (χ3v) is 1.61. The summed E-state index contributed by atoms with van der Waals surface area (Å²) in [6.07, 6.45) is 1.48. The molecule has 1 aromatic carbocycles. The first-order valence-electron chi connectivity index (χ1n) is 4.05. The van der Waals surface area contributed by atoms with Crippen molar-refractivity contribution in [1.82, 2.24) is 0 Å². The van der Waals surface area contributed by atoms with Gasteiger partial charge in [-0.2, -0.15) is 0 Å². The minimum absolute atomic E-state index is 0.0132. The Balaban J connectivity index is 2.98. The van der Waals surface area contributed by atoms with Gasteiger partial charge in [0.25, 0.3) is 0 Å². The van der Waals surface area contributed by atoms with E-state index in [1.165, 1.54) is 13.0 Å². The van der Waals surface area contributed by atoms with Crippen LogP contribution in [-0.2, 0) is 9.53 Å². The monoisotopic (exact) mass is 176 g/mol. The Kier molecular flexibility index (Phi) is 3.26. The van der Waals surface area contributed by atoms with Gasteiger partial charge in [0.2, 0.25) is 0 Å². The molecule has 0 bridgehead atoms. The van der Waals surface area contributed by atoms with Gasteiger partial charge >= 0.3 is 0 Å². The van der Waals surface area contributed by atoms with Crippen LogP contribution in [0.25, 0.3) is 5.76 Å². The largest absolute Gasteiger partial charge is 0.496 e. The van der Waals surface area contributed by atoms with Crippen molar-refractivity contribution in [3.05, 3.63) is 42.0 Å².